The van der Waals surface area contributed by atoms with Gasteiger partial charge in [-0.25, -0.2) is 0 Å². The first kappa shape index (κ1) is 20.6. The number of nitrogens with zero attached hydrogens (tertiary/aromatic N) is 3. The third kappa shape index (κ3) is 2.38. The fraction of sp³-hybridized carbons (Fsp3) is 0.273. The Labute approximate surface area is 190 Å². The molecule has 0 spiro atoms. The van der Waals surface area contributed by atoms with Crippen LogP contribution in [0.4, 0.5) is 0 Å². The van der Waals surface area contributed by atoms with Crippen molar-refractivity contribution in [3.63, 3.8) is 0 Å². The van der Waals surface area contributed by atoms with Crippen molar-refractivity contribution in [3.8, 4) is 18.2 Å². The quantitative estimate of drug-likeness (QED) is 0.569. The molecule has 30 heavy (non-hydrogen) atoms. The smallest absolute Gasteiger partial charge is 0.244 e. The number of fused-ring (bicyclic) bond motifs is 2. The molecule has 0 amide bonds. The average molecular weight is 526 g/mol. The van der Waals surface area contributed by atoms with Crippen LogP contribution in [0.5, 0.6) is 0 Å². The van der Waals surface area contributed by atoms with Crippen molar-refractivity contribution >= 4 is 37.8 Å². The Morgan fingerprint density at radius 2 is 1.63 bits per heavy atom. The molecule has 6 nitrogen and oxygen atoms in total. The molecule has 2 aromatic rings. The third-order valence-electron chi connectivity index (χ3n) is 6.07. The van der Waals surface area contributed by atoms with Gasteiger partial charge in [-0.15, -0.1) is 0 Å². The minimum Gasteiger partial charge on any atom is -0.443 e. The maximum absolute atomic E-state index is 10.3. The fourth-order valence-electron chi connectivity index (χ4n) is 4.52. The van der Waals surface area contributed by atoms with E-state index in [1.807, 2.05) is 30.3 Å². The van der Waals surface area contributed by atoms with Gasteiger partial charge in [-0.1, -0.05) is 63.0 Å². The second-order valence-corrected chi connectivity index (χ2v) is 9.16. The molecule has 2 saturated heterocycles. The number of hydrogen-bond acceptors (Lipinski definition) is 6. The molecule has 4 atom stereocenters. The monoisotopic (exact) mass is 524 g/mol. The maximum Gasteiger partial charge on any atom is 0.244 e. The Hall–Kier alpha value is -2.70. The van der Waals surface area contributed by atoms with Crippen molar-refractivity contribution in [1.82, 2.24) is 0 Å². The largest absolute Gasteiger partial charge is 0.443 e. The van der Waals surface area contributed by atoms with E-state index in [-0.39, 0.29) is 0 Å². The average Bonchev–Trinajstić information content (AvgIpc) is 2.90. The van der Waals surface area contributed by atoms with E-state index in [0.717, 1.165) is 8.95 Å². The van der Waals surface area contributed by atoms with Crippen LogP contribution in [-0.2, 0) is 15.3 Å². The number of hydrogen-bond donors (Lipinski definition) is 1. The second-order valence-electron chi connectivity index (χ2n) is 7.33. The molecule has 2 aliphatic heterocycles. The predicted molar refractivity (Wildman–Crippen MR) is 113 cm³/mol. The Balaban J connectivity index is 2.04. The summed E-state index contributed by atoms with van der Waals surface area (Å²) in [4.78, 5) is 0. The molecular weight excluding hydrogens is 512 g/mol. The summed E-state index contributed by atoms with van der Waals surface area (Å²) in [6.07, 6.45) is -1.12. The first-order valence-corrected chi connectivity index (χ1v) is 10.6. The van der Waals surface area contributed by atoms with Crippen molar-refractivity contribution < 1.29 is 9.47 Å². The van der Waals surface area contributed by atoms with E-state index < -0.39 is 34.5 Å². The summed E-state index contributed by atoms with van der Waals surface area (Å²) in [5.74, 6) is -2.70. The zero-order chi connectivity index (χ0) is 21.7. The van der Waals surface area contributed by atoms with Gasteiger partial charge in [0.05, 0.1) is 24.1 Å². The van der Waals surface area contributed by atoms with E-state index in [0.29, 0.717) is 11.1 Å². The summed E-state index contributed by atoms with van der Waals surface area (Å²) in [5, 5.41) is 39.3. The van der Waals surface area contributed by atoms with Gasteiger partial charge in [0, 0.05) is 14.5 Å². The predicted octanol–water partition coefficient (Wildman–Crippen LogP) is 5.32. The van der Waals surface area contributed by atoms with E-state index >= 15 is 0 Å². The highest BCUT2D eigenvalue weighted by Gasteiger charge is 2.79. The van der Waals surface area contributed by atoms with Crippen molar-refractivity contribution in [1.29, 1.82) is 21.2 Å². The molecule has 4 unspecified atom stereocenters. The van der Waals surface area contributed by atoms with Crippen LogP contribution in [0.2, 0.25) is 0 Å². The molecule has 1 N–H and O–H groups in total. The Kier molecular flexibility index (Phi) is 4.75. The molecule has 2 fully saturated rings. The molecular formula is C22H14Br2N4O2. The van der Waals surface area contributed by atoms with Crippen LogP contribution in [0.25, 0.3) is 0 Å². The lowest BCUT2D eigenvalue weighted by Gasteiger charge is -2.48. The van der Waals surface area contributed by atoms with Crippen LogP contribution >= 0.6 is 31.9 Å². The summed E-state index contributed by atoms with van der Waals surface area (Å²) in [6, 6.07) is 20.4. The first-order chi connectivity index (χ1) is 14.3. The third-order valence-corrected chi connectivity index (χ3v) is 7.09. The van der Waals surface area contributed by atoms with Crippen LogP contribution < -0.4 is 0 Å². The van der Waals surface area contributed by atoms with Gasteiger partial charge in [0.25, 0.3) is 0 Å². The molecule has 2 aliphatic rings. The number of halogens is 2. The van der Waals surface area contributed by atoms with Gasteiger partial charge in [-0.05, 0) is 29.8 Å². The number of rotatable bonds is 2. The maximum atomic E-state index is 10.3. The van der Waals surface area contributed by atoms with Crippen LogP contribution in [-0.4, -0.2) is 5.90 Å². The van der Waals surface area contributed by atoms with Gasteiger partial charge < -0.3 is 9.47 Å². The van der Waals surface area contributed by atoms with Crippen LogP contribution in [0, 0.1) is 56.2 Å². The summed E-state index contributed by atoms with van der Waals surface area (Å²) in [6.45, 7) is 1.69. The van der Waals surface area contributed by atoms with Gasteiger partial charge in [-0.2, -0.15) is 15.8 Å². The lowest BCUT2D eigenvalue weighted by atomic mass is 9.53. The van der Waals surface area contributed by atoms with Gasteiger partial charge in [0.15, 0.2) is 5.41 Å². The standard InChI is InChI=1S/C22H14Br2N4O2/c1-13-21(12-27)19(28)30-22(13,15-5-7-16(23)8-6-15)29-18(20(21,10-25)11-26)14-3-2-4-17(24)9-14/h2-9,13,18,28H,1H3. The lowest BCUT2D eigenvalue weighted by molar-refractivity contribution is -0.288. The van der Waals surface area contributed by atoms with Crippen LogP contribution in [0.3, 0.4) is 0 Å². The summed E-state index contributed by atoms with van der Waals surface area (Å²) < 4.78 is 14.0. The summed E-state index contributed by atoms with van der Waals surface area (Å²) in [5.41, 5.74) is -2.65. The number of benzene rings is 2. The fourth-order valence-corrected chi connectivity index (χ4v) is 5.20. The molecule has 4 rings (SSSR count). The molecule has 0 saturated carbocycles. The lowest BCUT2D eigenvalue weighted by Crippen LogP contribution is -2.57. The molecule has 0 aliphatic carbocycles. The van der Waals surface area contributed by atoms with Crippen LogP contribution in [0.15, 0.2) is 57.5 Å². The van der Waals surface area contributed by atoms with E-state index in [9.17, 15) is 15.8 Å². The minimum absolute atomic E-state index is 0.430. The van der Waals surface area contributed by atoms with Crippen LogP contribution in [0.1, 0.15) is 24.2 Å². The summed E-state index contributed by atoms with van der Waals surface area (Å²) in [7, 11) is 0. The van der Waals surface area contributed by atoms with Gasteiger partial charge >= 0.3 is 0 Å². The topological polar surface area (TPSA) is 114 Å². The molecule has 0 radical (unpaired) electrons. The number of nitrogens with one attached hydrogen (secondary N) is 1. The summed E-state index contributed by atoms with van der Waals surface area (Å²) >= 11 is 6.81. The normalized spacial score (nSPS) is 31.1. The first-order valence-electron chi connectivity index (χ1n) is 9.02. The number of ether oxygens (including phenoxy) is 2. The Morgan fingerprint density at radius 3 is 2.20 bits per heavy atom. The second kappa shape index (κ2) is 6.93. The van der Waals surface area contributed by atoms with Crippen molar-refractivity contribution in [3.05, 3.63) is 68.6 Å². The molecule has 0 aromatic heterocycles. The zero-order valence-electron chi connectivity index (χ0n) is 15.7. The van der Waals surface area contributed by atoms with Gasteiger partial charge in [0.2, 0.25) is 17.1 Å². The highest BCUT2D eigenvalue weighted by atomic mass is 79.9. The van der Waals surface area contributed by atoms with Crippen molar-refractivity contribution in [2.45, 2.75) is 18.8 Å². The zero-order valence-corrected chi connectivity index (χ0v) is 18.9. The van der Waals surface area contributed by atoms with E-state index in [4.69, 9.17) is 14.9 Å². The highest BCUT2D eigenvalue weighted by Crippen LogP contribution is 2.69. The van der Waals surface area contributed by atoms with Gasteiger partial charge in [0.1, 0.15) is 6.10 Å². The Bertz CT molecular complexity index is 1160. The number of nitriles is 3. The Morgan fingerprint density at radius 1 is 0.967 bits per heavy atom. The SMILES string of the molecule is CC1C2(c3ccc(Br)cc3)OC(=N)C1(C#N)C(C#N)(C#N)C(c1cccc(Br)c1)O2. The van der Waals surface area contributed by atoms with E-state index in [1.165, 1.54) is 0 Å². The molecule has 8 heteroatoms. The highest BCUT2D eigenvalue weighted by molar-refractivity contribution is 9.10. The van der Waals surface area contributed by atoms with Crippen molar-refractivity contribution in [2.75, 3.05) is 0 Å². The molecule has 148 valence electrons. The van der Waals surface area contributed by atoms with E-state index in [2.05, 4.69) is 37.9 Å². The molecule has 2 heterocycles. The minimum atomic E-state index is -1.98. The van der Waals surface area contributed by atoms with Crippen molar-refractivity contribution in [2.24, 2.45) is 16.7 Å². The molecule has 2 aromatic carbocycles. The van der Waals surface area contributed by atoms with E-state index in [1.54, 1.807) is 37.3 Å². The molecule has 2 bridgehead atoms. The van der Waals surface area contributed by atoms with Gasteiger partial charge in [-0.3, -0.25) is 5.41 Å².